The second-order valence-corrected chi connectivity index (χ2v) is 6.16. The van der Waals surface area contributed by atoms with Crippen molar-refractivity contribution in [1.82, 2.24) is 0 Å². The monoisotopic (exact) mass is 417 g/mol. The normalized spacial score (nSPS) is 10.2. The Morgan fingerprint density at radius 1 is 1.15 bits per heavy atom. The summed E-state index contributed by atoms with van der Waals surface area (Å²) in [6.07, 6.45) is 0. The molecule has 0 aliphatic rings. The van der Waals surface area contributed by atoms with Crippen LogP contribution in [0.2, 0.25) is 5.02 Å². The largest absolute Gasteiger partial charge is 0.496 e. The van der Waals surface area contributed by atoms with Crippen molar-refractivity contribution in [3.05, 3.63) is 55.9 Å². The van der Waals surface area contributed by atoms with Crippen molar-refractivity contribution in [3.63, 3.8) is 0 Å². The van der Waals surface area contributed by atoms with Gasteiger partial charge in [-0.1, -0.05) is 43.5 Å². The van der Waals surface area contributed by atoms with Crippen LogP contribution in [0.25, 0.3) is 0 Å². The van der Waals surface area contributed by atoms with E-state index in [0.717, 1.165) is 8.95 Å². The molecule has 0 radical (unpaired) electrons. The van der Waals surface area contributed by atoms with Crippen LogP contribution in [0, 0.1) is 0 Å². The number of carbonyl (C=O) groups excluding carboxylic acids is 1. The Bertz CT molecular complexity index is 662. The lowest BCUT2D eigenvalue weighted by molar-refractivity contribution is 0.102. The molecular weight excluding hydrogens is 409 g/mol. The van der Waals surface area contributed by atoms with Crippen LogP contribution in [-0.4, -0.2) is 13.0 Å². The molecule has 2 aromatic carbocycles. The first kappa shape index (κ1) is 15.4. The maximum atomic E-state index is 12.3. The second kappa shape index (κ2) is 6.61. The molecule has 0 saturated carbocycles. The van der Waals surface area contributed by atoms with Crippen molar-refractivity contribution in [2.75, 3.05) is 12.4 Å². The Kier molecular flexibility index (Phi) is 5.07. The number of methoxy groups -OCH3 is 1. The summed E-state index contributed by atoms with van der Waals surface area (Å²) in [4.78, 5) is 12.3. The standard InChI is InChI=1S/C14H10Br2ClNO2/c1-20-13-7-9(16)2-4-10(13)14(19)18-12-5-3-8(15)6-11(12)17/h2-7H,1H3,(H,18,19). The minimum atomic E-state index is -0.279. The number of rotatable bonds is 3. The number of carbonyl (C=O) groups is 1. The van der Waals surface area contributed by atoms with Gasteiger partial charge in [-0.05, 0) is 36.4 Å². The molecule has 6 heteroatoms. The summed E-state index contributed by atoms with van der Waals surface area (Å²) in [5.41, 5.74) is 0.986. The number of hydrogen-bond acceptors (Lipinski definition) is 2. The molecular formula is C14H10Br2ClNO2. The molecule has 0 atom stereocenters. The Labute approximate surface area is 138 Å². The highest BCUT2D eigenvalue weighted by Gasteiger charge is 2.14. The molecule has 0 heterocycles. The maximum Gasteiger partial charge on any atom is 0.259 e. The molecule has 0 aromatic heterocycles. The summed E-state index contributed by atoms with van der Waals surface area (Å²) >= 11 is 12.7. The molecule has 0 aliphatic carbocycles. The molecule has 0 saturated heterocycles. The Morgan fingerprint density at radius 3 is 2.45 bits per heavy atom. The van der Waals surface area contributed by atoms with Gasteiger partial charge in [0, 0.05) is 8.95 Å². The van der Waals surface area contributed by atoms with Crippen LogP contribution in [0.1, 0.15) is 10.4 Å². The van der Waals surface area contributed by atoms with E-state index in [4.69, 9.17) is 16.3 Å². The molecule has 1 N–H and O–H groups in total. The summed E-state index contributed by atoms with van der Waals surface area (Å²) in [5, 5.41) is 3.22. The Balaban J connectivity index is 2.28. The molecule has 0 bridgehead atoms. The molecule has 0 fully saturated rings. The number of nitrogens with one attached hydrogen (secondary N) is 1. The molecule has 0 spiro atoms. The third kappa shape index (κ3) is 3.53. The second-order valence-electron chi connectivity index (χ2n) is 3.92. The number of halogens is 3. The van der Waals surface area contributed by atoms with Gasteiger partial charge in [0.2, 0.25) is 0 Å². The summed E-state index contributed by atoms with van der Waals surface area (Å²) in [6.45, 7) is 0. The fourth-order valence-corrected chi connectivity index (χ4v) is 2.69. The number of anilines is 1. The van der Waals surface area contributed by atoms with Gasteiger partial charge in [0.05, 0.1) is 23.4 Å². The minimum Gasteiger partial charge on any atom is -0.496 e. The van der Waals surface area contributed by atoms with Crippen molar-refractivity contribution < 1.29 is 9.53 Å². The van der Waals surface area contributed by atoms with E-state index in [2.05, 4.69) is 37.2 Å². The summed E-state index contributed by atoms with van der Waals surface area (Å²) in [5.74, 6) is 0.212. The van der Waals surface area contributed by atoms with E-state index in [1.54, 1.807) is 36.4 Å². The lowest BCUT2D eigenvalue weighted by Gasteiger charge is -2.11. The molecule has 0 aliphatic heterocycles. The predicted octanol–water partition coefficient (Wildman–Crippen LogP) is 5.13. The minimum absolute atomic E-state index is 0.279. The zero-order valence-electron chi connectivity index (χ0n) is 10.4. The SMILES string of the molecule is COc1cc(Br)ccc1C(=O)Nc1ccc(Br)cc1Cl. The van der Waals surface area contributed by atoms with E-state index in [1.165, 1.54) is 7.11 Å². The number of hydrogen-bond donors (Lipinski definition) is 1. The van der Waals surface area contributed by atoms with Crippen LogP contribution in [0.5, 0.6) is 5.75 Å². The molecule has 2 rings (SSSR count). The predicted molar refractivity (Wildman–Crippen MR) is 87.8 cm³/mol. The highest BCUT2D eigenvalue weighted by Crippen LogP contribution is 2.28. The van der Waals surface area contributed by atoms with Crippen molar-refractivity contribution in [2.24, 2.45) is 0 Å². The van der Waals surface area contributed by atoms with E-state index in [-0.39, 0.29) is 5.91 Å². The third-order valence-electron chi connectivity index (χ3n) is 2.59. The van der Waals surface area contributed by atoms with Crippen LogP contribution >= 0.6 is 43.5 Å². The van der Waals surface area contributed by atoms with Gasteiger partial charge < -0.3 is 10.1 Å². The first-order valence-electron chi connectivity index (χ1n) is 5.61. The lowest BCUT2D eigenvalue weighted by atomic mass is 10.2. The quantitative estimate of drug-likeness (QED) is 0.749. The Hall–Kier alpha value is -1.04. The highest BCUT2D eigenvalue weighted by atomic mass is 79.9. The van der Waals surface area contributed by atoms with Crippen LogP contribution in [0.15, 0.2) is 45.3 Å². The van der Waals surface area contributed by atoms with Gasteiger partial charge in [-0.15, -0.1) is 0 Å². The fourth-order valence-electron chi connectivity index (χ4n) is 1.63. The van der Waals surface area contributed by atoms with Crippen molar-refractivity contribution in [2.45, 2.75) is 0 Å². The number of benzene rings is 2. The Morgan fingerprint density at radius 2 is 1.80 bits per heavy atom. The molecule has 20 heavy (non-hydrogen) atoms. The summed E-state index contributed by atoms with van der Waals surface area (Å²) in [6, 6.07) is 10.5. The first-order valence-corrected chi connectivity index (χ1v) is 7.57. The van der Waals surface area contributed by atoms with Gasteiger partial charge in [-0.2, -0.15) is 0 Å². The maximum absolute atomic E-state index is 12.3. The molecule has 2 aromatic rings. The van der Waals surface area contributed by atoms with E-state index < -0.39 is 0 Å². The summed E-state index contributed by atoms with van der Waals surface area (Å²) < 4.78 is 6.89. The van der Waals surface area contributed by atoms with E-state index in [9.17, 15) is 4.79 Å². The van der Waals surface area contributed by atoms with Gasteiger partial charge in [-0.25, -0.2) is 0 Å². The van der Waals surface area contributed by atoms with Gasteiger partial charge >= 0.3 is 0 Å². The number of amides is 1. The van der Waals surface area contributed by atoms with Crippen LogP contribution in [-0.2, 0) is 0 Å². The third-order valence-corrected chi connectivity index (χ3v) is 3.89. The zero-order chi connectivity index (χ0) is 14.7. The van der Waals surface area contributed by atoms with E-state index in [1.807, 2.05) is 0 Å². The zero-order valence-corrected chi connectivity index (χ0v) is 14.3. The number of ether oxygens (including phenoxy) is 1. The van der Waals surface area contributed by atoms with Crippen LogP contribution in [0.4, 0.5) is 5.69 Å². The molecule has 1 amide bonds. The average Bonchev–Trinajstić information content (AvgIpc) is 2.41. The van der Waals surface area contributed by atoms with Gasteiger partial charge in [-0.3, -0.25) is 4.79 Å². The van der Waals surface area contributed by atoms with E-state index in [0.29, 0.717) is 22.0 Å². The van der Waals surface area contributed by atoms with Gasteiger partial charge in [0.25, 0.3) is 5.91 Å². The topological polar surface area (TPSA) is 38.3 Å². The van der Waals surface area contributed by atoms with Gasteiger partial charge in [0.1, 0.15) is 5.75 Å². The van der Waals surface area contributed by atoms with Crippen LogP contribution in [0.3, 0.4) is 0 Å². The summed E-state index contributed by atoms with van der Waals surface area (Å²) in [7, 11) is 1.52. The van der Waals surface area contributed by atoms with Crippen molar-refractivity contribution >= 4 is 55.1 Å². The van der Waals surface area contributed by atoms with Gasteiger partial charge in [0.15, 0.2) is 0 Å². The van der Waals surface area contributed by atoms with Crippen molar-refractivity contribution in [1.29, 1.82) is 0 Å². The smallest absolute Gasteiger partial charge is 0.259 e. The fraction of sp³-hybridized carbons (Fsp3) is 0.0714. The first-order chi connectivity index (χ1) is 9.51. The van der Waals surface area contributed by atoms with Crippen LogP contribution < -0.4 is 10.1 Å². The molecule has 0 unspecified atom stereocenters. The average molecular weight is 420 g/mol. The molecule has 104 valence electrons. The molecule has 3 nitrogen and oxygen atoms in total. The lowest BCUT2D eigenvalue weighted by Crippen LogP contribution is -2.13. The van der Waals surface area contributed by atoms with E-state index >= 15 is 0 Å². The van der Waals surface area contributed by atoms with Crippen molar-refractivity contribution in [3.8, 4) is 5.75 Å². The highest BCUT2D eigenvalue weighted by molar-refractivity contribution is 9.10.